The Morgan fingerprint density at radius 1 is 0.421 bits per heavy atom. The summed E-state index contributed by atoms with van der Waals surface area (Å²) in [6, 6.07) is 72.9. The highest BCUT2D eigenvalue weighted by Crippen LogP contribution is 2.46. The van der Waals surface area contributed by atoms with Crippen LogP contribution in [0.5, 0.6) is 5.75 Å². The number of para-hydroxylation sites is 1. The molecule has 0 spiro atoms. The molecule has 2 heterocycles. The second kappa shape index (κ2) is 13.6. The van der Waals surface area contributed by atoms with E-state index in [1.54, 1.807) is 0 Å². The molecule has 0 saturated carbocycles. The van der Waals surface area contributed by atoms with Crippen LogP contribution in [0.25, 0.3) is 66.1 Å². The third-order valence-electron chi connectivity index (χ3n) is 11.1. The molecule has 1 aliphatic rings. The quantitative estimate of drug-likeness (QED) is 0.177. The average molecular weight is 733 g/mol. The van der Waals surface area contributed by atoms with E-state index in [4.69, 9.17) is 9.15 Å². The highest BCUT2D eigenvalue weighted by molar-refractivity contribution is 6.17. The van der Waals surface area contributed by atoms with Crippen molar-refractivity contribution in [3.8, 4) is 39.1 Å². The van der Waals surface area contributed by atoms with Crippen molar-refractivity contribution in [3.05, 3.63) is 212 Å². The minimum Gasteiger partial charge on any atom is -0.464 e. The first-order valence-corrected chi connectivity index (χ1v) is 19.4. The zero-order valence-corrected chi connectivity index (χ0v) is 31.0. The molecule has 0 saturated heterocycles. The highest BCUT2D eigenvalue weighted by atomic mass is 16.5. The van der Waals surface area contributed by atoms with Crippen LogP contribution in [0.3, 0.4) is 0 Å². The first kappa shape index (κ1) is 32.8. The SMILES string of the molecule is c1ccc(-c2ccc(N(c3ccccc3)c3ccc(-c4cccc5oc6ccc(-c7ccc8c(c7)OC(c7ccccc7)N8)cc6c45)c4ccccc34)cc2)cc1. The van der Waals surface area contributed by atoms with Crippen molar-refractivity contribution < 1.29 is 9.15 Å². The number of benzene rings is 9. The second-order valence-corrected chi connectivity index (χ2v) is 14.5. The largest absolute Gasteiger partial charge is 0.464 e. The van der Waals surface area contributed by atoms with E-state index in [9.17, 15) is 0 Å². The molecule has 1 aliphatic heterocycles. The molecule has 4 heteroatoms. The van der Waals surface area contributed by atoms with Crippen LogP contribution in [-0.4, -0.2) is 0 Å². The van der Waals surface area contributed by atoms with Crippen molar-refractivity contribution in [2.75, 3.05) is 10.2 Å². The van der Waals surface area contributed by atoms with Gasteiger partial charge in [0.05, 0.1) is 11.4 Å². The maximum Gasteiger partial charge on any atom is 0.196 e. The number of anilines is 4. The van der Waals surface area contributed by atoms with E-state index in [0.29, 0.717) is 0 Å². The lowest BCUT2D eigenvalue weighted by Crippen LogP contribution is -2.10. The van der Waals surface area contributed by atoms with Crippen LogP contribution in [0.1, 0.15) is 11.8 Å². The predicted molar refractivity (Wildman–Crippen MR) is 236 cm³/mol. The van der Waals surface area contributed by atoms with Crippen LogP contribution in [-0.2, 0) is 0 Å². The molecular formula is C53H36N2O2. The summed E-state index contributed by atoms with van der Waals surface area (Å²) in [7, 11) is 0. The summed E-state index contributed by atoms with van der Waals surface area (Å²) in [6.07, 6.45) is -0.208. The molecular weight excluding hydrogens is 697 g/mol. The van der Waals surface area contributed by atoms with E-state index in [-0.39, 0.29) is 6.23 Å². The Labute approximate surface area is 330 Å². The molecule has 9 aromatic carbocycles. The molecule has 1 atom stereocenters. The number of rotatable bonds is 7. The number of nitrogens with one attached hydrogen (secondary N) is 1. The number of hydrogen-bond donors (Lipinski definition) is 1. The second-order valence-electron chi connectivity index (χ2n) is 14.5. The fraction of sp³-hybridized carbons (Fsp3) is 0.0189. The Morgan fingerprint density at radius 3 is 1.88 bits per heavy atom. The lowest BCUT2D eigenvalue weighted by atomic mass is 9.92. The minimum absolute atomic E-state index is 0.208. The van der Waals surface area contributed by atoms with Crippen molar-refractivity contribution in [2.24, 2.45) is 0 Å². The summed E-state index contributed by atoms with van der Waals surface area (Å²) in [6.45, 7) is 0. The molecule has 270 valence electrons. The van der Waals surface area contributed by atoms with E-state index >= 15 is 0 Å². The van der Waals surface area contributed by atoms with E-state index in [1.807, 2.05) is 18.2 Å². The number of ether oxygens (including phenoxy) is 1. The molecule has 1 unspecified atom stereocenters. The van der Waals surface area contributed by atoms with E-state index in [1.165, 1.54) is 16.5 Å². The van der Waals surface area contributed by atoms with Gasteiger partial charge in [0.1, 0.15) is 16.9 Å². The number of furan rings is 1. The number of nitrogens with zero attached hydrogens (tertiary/aromatic N) is 1. The standard InChI is InChI=1S/C53H36N2O2/c1-4-13-35(14-5-1)36-23-27-41(28-24-36)55(40-17-8-3-9-18-40)48-31-29-43(42-19-10-11-20-44(42)48)45-21-12-22-50-52(45)46-33-38(26-32-49(46)56-50)39-25-30-47-51(34-39)57-53(54-47)37-15-6-2-7-16-37/h1-34,53-54H. The van der Waals surface area contributed by atoms with Crippen molar-refractivity contribution >= 4 is 55.5 Å². The molecule has 0 fully saturated rings. The fourth-order valence-corrected chi connectivity index (χ4v) is 8.38. The monoisotopic (exact) mass is 732 g/mol. The first-order valence-electron chi connectivity index (χ1n) is 19.4. The fourth-order valence-electron chi connectivity index (χ4n) is 8.38. The van der Waals surface area contributed by atoms with E-state index in [2.05, 4.69) is 198 Å². The van der Waals surface area contributed by atoms with Gasteiger partial charge in [-0.1, -0.05) is 146 Å². The zero-order valence-electron chi connectivity index (χ0n) is 31.0. The van der Waals surface area contributed by atoms with Gasteiger partial charge in [-0.3, -0.25) is 0 Å². The summed E-state index contributed by atoms with van der Waals surface area (Å²) in [5, 5.41) is 8.04. The van der Waals surface area contributed by atoms with Gasteiger partial charge in [0.15, 0.2) is 6.23 Å². The van der Waals surface area contributed by atoms with Crippen molar-refractivity contribution in [2.45, 2.75) is 6.23 Å². The molecule has 4 nitrogen and oxygen atoms in total. The summed E-state index contributed by atoms with van der Waals surface area (Å²) in [4.78, 5) is 2.36. The topological polar surface area (TPSA) is 37.6 Å². The van der Waals surface area contributed by atoms with E-state index in [0.717, 1.165) is 83.6 Å². The first-order chi connectivity index (χ1) is 28.2. The Balaban J connectivity index is 1.01. The molecule has 0 bridgehead atoms. The number of hydrogen-bond acceptors (Lipinski definition) is 4. The van der Waals surface area contributed by atoms with Gasteiger partial charge in [0.2, 0.25) is 0 Å². The lowest BCUT2D eigenvalue weighted by molar-refractivity contribution is 0.260. The summed E-state index contributed by atoms with van der Waals surface area (Å²) < 4.78 is 12.9. The molecule has 10 aromatic rings. The highest BCUT2D eigenvalue weighted by Gasteiger charge is 2.24. The van der Waals surface area contributed by atoms with Crippen molar-refractivity contribution in [3.63, 3.8) is 0 Å². The Hall–Kier alpha value is -7.56. The van der Waals surface area contributed by atoms with Crippen LogP contribution in [0.15, 0.2) is 211 Å². The zero-order chi connectivity index (χ0) is 37.7. The summed E-state index contributed by atoms with van der Waals surface area (Å²) in [5.41, 5.74) is 14.0. The molecule has 1 N–H and O–H groups in total. The lowest BCUT2D eigenvalue weighted by Gasteiger charge is -2.27. The Morgan fingerprint density at radius 2 is 1.07 bits per heavy atom. The third kappa shape index (κ3) is 5.78. The van der Waals surface area contributed by atoms with Gasteiger partial charge >= 0.3 is 0 Å². The Kier molecular flexibility index (Phi) is 7.85. The van der Waals surface area contributed by atoms with Gasteiger partial charge in [0.25, 0.3) is 0 Å². The van der Waals surface area contributed by atoms with Crippen LogP contribution in [0.4, 0.5) is 22.7 Å². The minimum atomic E-state index is -0.208. The molecule has 0 radical (unpaired) electrons. The summed E-state index contributed by atoms with van der Waals surface area (Å²) in [5.74, 6) is 0.849. The van der Waals surface area contributed by atoms with Crippen molar-refractivity contribution in [1.29, 1.82) is 0 Å². The van der Waals surface area contributed by atoms with Crippen LogP contribution >= 0.6 is 0 Å². The van der Waals surface area contributed by atoms with Crippen LogP contribution in [0, 0.1) is 0 Å². The predicted octanol–water partition coefficient (Wildman–Crippen LogP) is 14.7. The van der Waals surface area contributed by atoms with Crippen molar-refractivity contribution in [1.82, 2.24) is 0 Å². The molecule has 11 rings (SSSR count). The van der Waals surface area contributed by atoms with Crippen LogP contribution < -0.4 is 15.0 Å². The molecule has 0 amide bonds. The average Bonchev–Trinajstić information content (AvgIpc) is 3.89. The van der Waals surface area contributed by atoms with Gasteiger partial charge in [-0.2, -0.15) is 0 Å². The van der Waals surface area contributed by atoms with Crippen LogP contribution in [0.2, 0.25) is 0 Å². The summed E-state index contributed by atoms with van der Waals surface area (Å²) >= 11 is 0. The molecule has 0 aliphatic carbocycles. The normalized spacial score (nSPS) is 13.4. The molecule has 57 heavy (non-hydrogen) atoms. The van der Waals surface area contributed by atoms with Gasteiger partial charge in [-0.15, -0.1) is 0 Å². The van der Waals surface area contributed by atoms with Gasteiger partial charge in [-0.05, 0) is 99.4 Å². The smallest absolute Gasteiger partial charge is 0.196 e. The molecule has 1 aromatic heterocycles. The van der Waals surface area contributed by atoms with E-state index < -0.39 is 0 Å². The third-order valence-corrected chi connectivity index (χ3v) is 11.1. The number of fused-ring (bicyclic) bond motifs is 5. The maximum absolute atomic E-state index is 6.53. The van der Waals surface area contributed by atoms with Gasteiger partial charge in [-0.25, -0.2) is 0 Å². The van der Waals surface area contributed by atoms with Gasteiger partial charge in [0, 0.05) is 33.1 Å². The maximum atomic E-state index is 6.53. The Bertz CT molecular complexity index is 3070. The van der Waals surface area contributed by atoms with Gasteiger partial charge < -0.3 is 19.4 Å².